The molecular formula is C25H22N2O3. The van der Waals surface area contributed by atoms with E-state index in [2.05, 4.69) is 4.98 Å². The number of aromatic nitrogens is 1. The highest BCUT2D eigenvalue weighted by Crippen LogP contribution is 2.28. The lowest BCUT2D eigenvalue weighted by atomic mass is 9.99. The van der Waals surface area contributed by atoms with Crippen LogP contribution in [0.1, 0.15) is 32.4 Å². The number of carbonyl (C=O) groups excluding carboxylic acids is 2. The SMILES string of the molecule is CN(C)c1cccc(C(=O)OC(C(=O)c2c[nH]c3ccccc23)c2ccccc2)c1. The quantitative estimate of drug-likeness (QED) is 0.366. The maximum atomic E-state index is 13.5. The van der Waals surface area contributed by atoms with Gasteiger partial charge in [-0.15, -0.1) is 0 Å². The number of carbonyl (C=O) groups is 2. The molecular weight excluding hydrogens is 376 g/mol. The van der Waals surface area contributed by atoms with Gasteiger partial charge in [0, 0.05) is 48.0 Å². The minimum absolute atomic E-state index is 0.268. The molecule has 4 aromatic rings. The zero-order valence-electron chi connectivity index (χ0n) is 16.8. The minimum atomic E-state index is -1.04. The Balaban J connectivity index is 1.70. The summed E-state index contributed by atoms with van der Waals surface area (Å²) in [5.41, 5.74) is 3.26. The molecule has 0 saturated carbocycles. The second kappa shape index (κ2) is 8.25. The molecule has 150 valence electrons. The molecule has 0 bridgehead atoms. The van der Waals surface area contributed by atoms with Crippen LogP contribution in [0.25, 0.3) is 10.9 Å². The van der Waals surface area contributed by atoms with Gasteiger partial charge in [0.25, 0.3) is 0 Å². The van der Waals surface area contributed by atoms with Crippen LogP contribution in [-0.4, -0.2) is 30.8 Å². The Morgan fingerprint density at radius 2 is 1.63 bits per heavy atom. The minimum Gasteiger partial charge on any atom is -0.445 e. The highest BCUT2D eigenvalue weighted by molar-refractivity contribution is 6.11. The average molecular weight is 398 g/mol. The Morgan fingerprint density at radius 3 is 2.40 bits per heavy atom. The third kappa shape index (κ3) is 3.82. The van der Waals surface area contributed by atoms with E-state index in [1.54, 1.807) is 36.5 Å². The molecule has 0 saturated heterocycles. The Hall–Kier alpha value is -3.86. The van der Waals surface area contributed by atoms with Crippen molar-refractivity contribution in [1.29, 1.82) is 0 Å². The third-order valence-corrected chi connectivity index (χ3v) is 5.02. The predicted octanol–water partition coefficient (Wildman–Crippen LogP) is 5.01. The van der Waals surface area contributed by atoms with Gasteiger partial charge in [0.2, 0.25) is 5.78 Å². The zero-order valence-corrected chi connectivity index (χ0v) is 16.8. The summed E-state index contributed by atoms with van der Waals surface area (Å²) >= 11 is 0. The fourth-order valence-electron chi connectivity index (χ4n) is 3.40. The lowest BCUT2D eigenvalue weighted by Gasteiger charge is -2.18. The lowest BCUT2D eigenvalue weighted by Crippen LogP contribution is -2.20. The number of ketones is 1. The van der Waals surface area contributed by atoms with Gasteiger partial charge >= 0.3 is 5.97 Å². The van der Waals surface area contributed by atoms with Gasteiger partial charge in [-0.25, -0.2) is 4.79 Å². The Bertz CT molecular complexity index is 1200. The van der Waals surface area contributed by atoms with Crippen molar-refractivity contribution in [3.05, 3.63) is 102 Å². The summed E-state index contributed by atoms with van der Waals surface area (Å²) in [5.74, 6) is -0.809. The van der Waals surface area contributed by atoms with Gasteiger partial charge in [0.05, 0.1) is 5.56 Å². The van der Waals surface area contributed by atoms with Crippen LogP contribution >= 0.6 is 0 Å². The smallest absolute Gasteiger partial charge is 0.339 e. The molecule has 1 atom stereocenters. The number of hydrogen-bond acceptors (Lipinski definition) is 4. The summed E-state index contributed by atoms with van der Waals surface area (Å²) in [6.07, 6.45) is 0.629. The molecule has 1 heterocycles. The fourth-order valence-corrected chi connectivity index (χ4v) is 3.40. The number of nitrogens with zero attached hydrogens (tertiary/aromatic N) is 1. The van der Waals surface area contributed by atoms with E-state index >= 15 is 0 Å². The number of anilines is 1. The van der Waals surface area contributed by atoms with E-state index in [1.165, 1.54) is 0 Å². The van der Waals surface area contributed by atoms with Crippen molar-refractivity contribution in [2.24, 2.45) is 0 Å². The summed E-state index contributed by atoms with van der Waals surface area (Å²) in [4.78, 5) is 31.4. The molecule has 30 heavy (non-hydrogen) atoms. The molecule has 5 nitrogen and oxygen atoms in total. The molecule has 0 fully saturated rings. The predicted molar refractivity (Wildman–Crippen MR) is 118 cm³/mol. The molecule has 0 aliphatic heterocycles. The van der Waals surface area contributed by atoms with Gasteiger partial charge in [-0.05, 0) is 24.3 Å². The van der Waals surface area contributed by atoms with Crippen molar-refractivity contribution in [3.8, 4) is 0 Å². The molecule has 0 aliphatic rings. The molecule has 0 spiro atoms. The van der Waals surface area contributed by atoms with Crippen LogP contribution in [0.3, 0.4) is 0 Å². The van der Waals surface area contributed by atoms with Crippen LogP contribution in [0.4, 0.5) is 5.69 Å². The average Bonchev–Trinajstić information content (AvgIpc) is 3.21. The number of aromatic amines is 1. The summed E-state index contributed by atoms with van der Waals surface area (Å²) < 4.78 is 5.77. The van der Waals surface area contributed by atoms with Crippen LogP contribution in [0.5, 0.6) is 0 Å². The van der Waals surface area contributed by atoms with Crippen molar-refractivity contribution in [1.82, 2.24) is 4.98 Å². The number of para-hydroxylation sites is 1. The first-order valence-corrected chi connectivity index (χ1v) is 9.68. The fraction of sp³-hybridized carbons (Fsp3) is 0.120. The maximum absolute atomic E-state index is 13.5. The van der Waals surface area contributed by atoms with Gasteiger partial charge in [-0.1, -0.05) is 54.6 Å². The van der Waals surface area contributed by atoms with E-state index in [0.29, 0.717) is 16.7 Å². The number of benzene rings is 3. The number of ether oxygens (including phenoxy) is 1. The lowest BCUT2D eigenvalue weighted by molar-refractivity contribution is 0.0280. The Morgan fingerprint density at radius 1 is 0.900 bits per heavy atom. The molecule has 5 heteroatoms. The summed E-state index contributed by atoms with van der Waals surface area (Å²) in [6.45, 7) is 0. The van der Waals surface area contributed by atoms with Crippen molar-refractivity contribution < 1.29 is 14.3 Å². The first-order valence-electron chi connectivity index (χ1n) is 9.68. The monoisotopic (exact) mass is 398 g/mol. The van der Waals surface area contributed by atoms with Crippen LogP contribution in [0.2, 0.25) is 0 Å². The Labute approximate surface area is 174 Å². The summed E-state index contributed by atoms with van der Waals surface area (Å²) in [7, 11) is 3.80. The van der Waals surface area contributed by atoms with E-state index in [9.17, 15) is 9.59 Å². The maximum Gasteiger partial charge on any atom is 0.339 e. The third-order valence-electron chi connectivity index (χ3n) is 5.02. The second-order valence-electron chi connectivity index (χ2n) is 7.25. The van der Waals surface area contributed by atoms with Gasteiger partial charge in [0.1, 0.15) is 0 Å². The van der Waals surface area contributed by atoms with Crippen molar-refractivity contribution in [2.75, 3.05) is 19.0 Å². The molecule has 0 amide bonds. The van der Waals surface area contributed by atoms with E-state index in [1.807, 2.05) is 67.5 Å². The Kier molecular flexibility index (Phi) is 5.35. The topological polar surface area (TPSA) is 62.4 Å². The van der Waals surface area contributed by atoms with Crippen molar-refractivity contribution in [3.63, 3.8) is 0 Å². The number of rotatable bonds is 6. The standard InChI is InChI=1S/C25H22N2O3/c1-27(2)19-12-8-11-18(15-19)25(29)30-24(17-9-4-3-5-10-17)23(28)21-16-26-22-14-7-6-13-20(21)22/h3-16,24,26H,1-2H3. The van der Waals surface area contributed by atoms with Crippen LogP contribution in [0, 0.1) is 0 Å². The second-order valence-corrected chi connectivity index (χ2v) is 7.25. The number of fused-ring (bicyclic) bond motifs is 1. The first-order chi connectivity index (χ1) is 14.5. The van der Waals surface area contributed by atoms with Crippen molar-refractivity contribution in [2.45, 2.75) is 6.10 Å². The molecule has 3 aromatic carbocycles. The number of esters is 1. The summed E-state index contributed by atoms with van der Waals surface area (Å²) in [5, 5.41) is 0.800. The normalized spacial score (nSPS) is 11.8. The van der Waals surface area contributed by atoms with E-state index in [-0.39, 0.29) is 5.78 Å². The van der Waals surface area contributed by atoms with Crippen LogP contribution in [-0.2, 0) is 4.74 Å². The molecule has 0 radical (unpaired) electrons. The zero-order chi connectivity index (χ0) is 21.1. The van der Waals surface area contributed by atoms with Crippen LogP contribution in [0.15, 0.2) is 85.1 Å². The van der Waals surface area contributed by atoms with E-state index in [0.717, 1.165) is 16.6 Å². The number of hydrogen-bond donors (Lipinski definition) is 1. The first kappa shape index (κ1) is 19.5. The largest absolute Gasteiger partial charge is 0.445 e. The summed E-state index contributed by atoms with van der Waals surface area (Å²) in [6, 6.07) is 23.8. The van der Waals surface area contributed by atoms with E-state index in [4.69, 9.17) is 4.74 Å². The molecule has 0 aliphatic carbocycles. The number of Topliss-reactive ketones (excluding diaryl/α,β-unsaturated/α-hetero) is 1. The van der Waals surface area contributed by atoms with Gasteiger partial charge in [-0.2, -0.15) is 0 Å². The number of H-pyrrole nitrogens is 1. The van der Waals surface area contributed by atoms with Gasteiger partial charge < -0.3 is 14.6 Å². The molecule has 1 N–H and O–H groups in total. The molecule has 1 aromatic heterocycles. The van der Waals surface area contributed by atoms with Crippen molar-refractivity contribution >= 4 is 28.3 Å². The van der Waals surface area contributed by atoms with Gasteiger partial charge in [-0.3, -0.25) is 4.79 Å². The highest BCUT2D eigenvalue weighted by atomic mass is 16.5. The highest BCUT2D eigenvalue weighted by Gasteiger charge is 2.28. The number of nitrogens with one attached hydrogen (secondary N) is 1. The molecule has 1 unspecified atom stereocenters. The van der Waals surface area contributed by atoms with Gasteiger partial charge in [0.15, 0.2) is 6.10 Å². The van der Waals surface area contributed by atoms with Crippen LogP contribution < -0.4 is 4.90 Å². The molecule has 4 rings (SSSR count). The van der Waals surface area contributed by atoms with E-state index < -0.39 is 12.1 Å².